The van der Waals surface area contributed by atoms with Crippen LogP contribution < -0.4 is 5.32 Å². The minimum Gasteiger partial charge on any atom is -0.325 e. The van der Waals surface area contributed by atoms with Crippen molar-refractivity contribution in [2.24, 2.45) is 0 Å². The molecule has 1 N–H and O–H groups in total. The number of hydrogen-bond donors (Lipinski definition) is 1. The van der Waals surface area contributed by atoms with Gasteiger partial charge in [0.25, 0.3) is 0 Å². The average molecular weight is 264 g/mol. The first-order valence-corrected chi connectivity index (χ1v) is 6.07. The van der Waals surface area contributed by atoms with E-state index >= 15 is 0 Å². The van der Waals surface area contributed by atoms with Gasteiger partial charge in [-0.15, -0.1) is 0 Å². The molecule has 18 heavy (non-hydrogen) atoms. The number of nitrogens with zero attached hydrogens (tertiary/aromatic N) is 2. The molecule has 2 rings (SSSR count). The van der Waals surface area contributed by atoms with Gasteiger partial charge in [0.2, 0.25) is 5.91 Å². The van der Waals surface area contributed by atoms with E-state index < -0.39 is 0 Å². The number of rotatable bonds is 4. The second-order valence-corrected chi connectivity index (χ2v) is 4.41. The summed E-state index contributed by atoms with van der Waals surface area (Å²) in [5.41, 5.74) is 1.59. The molecule has 0 aliphatic carbocycles. The highest BCUT2D eigenvalue weighted by atomic mass is 35.5. The number of carbonyl (C=O) groups excluding carboxylic acids is 1. The van der Waals surface area contributed by atoms with Crippen LogP contribution in [0.4, 0.5) is 5.69 Å². The molecule has 1 heterocycles. The maximum atomic E-state index is 11.7. The highest BCUT2D eigenvalue weighted by Crippen LogP contribution is 2.20. The van der Waals surface area contributed by atoms with Gasteiger partial charge in [-0.05, 0) is 25.1 Å². The third-order valence-corrected chi connectivity index (χ3v) is 2.82. The standard InChI is InChI=1S/C13H14ClN3O/c1-10-6-8-17(16-10)9-7-13(18)15-12-5-3-2-4-11(12)14/h2-6,8H,7,9H2,1H3,(H,15,18). The molecule has 0 radical (unpaired) electrons. The van der Waals surface area contributed by atoms with Crippen molar-refractivity contribution in [2.75, 3.05) is 5.32 Å². The molecule has 0 saturated heterocycles. The van der Waals surface area contributed by atoms with Crippen LogP contribution in [0.15, 0.2) is 36.5 Å². The molecular weight excluding hydrogens is 250 g/mol. The van der Waals surface area contributed by atoms with Gasteiger partial charge in [-0.25, -0.2) is 0 Å². The van der Waals surface area contributed by atoms with Crippen LogP contribution in [0.1, 0.15) is 12.1 Å². The van der Waals surface area contributed by atoms with Crippen LogP contribution in [-0.2, 0) is 11.3 Å². The lowest BCUT2D eigenvalue weighted by Gasteiger charge is -2.06. The molecule has 4 nitrogen and oxygen atoms in total. The van der Waals surface area contributed by atoms with Crippen molar-refractivity contribution in [1.82, 2.24) is 9.78 Å². The van der Waals surface area contributed by atoms with Gasteiger partial charge >= 0.3 is 0 Å². The molecule has 0 fully saturated rings. The number of benzene rings is 1. The van der Waals surface area contributed by atoms with Crippen molar-refractivity contribution in [3.05, 3.63) is 47.2 Å². The third-order valence-electron chi connectivity index (χ3n) is 2.49. The van der Waals surface area contributed by atoms with E-state index in [2.05, 4.69) is 10.4 Å². The van der Waals surface area contributed by atoms with Gasteiger partial charge in [0, 0.05) is 19.2 Å². The zero-order valence-electron chi connectivity index (χ0n) is 10.1. The minimum atomic E-state index is -0.0729. The van der Waals surface area contributed by atoms with Crippen LogP contribution in [0, 0.1) is 6.92 Å². The molecule has 1 amide bonds. The summed E-state index contributed by atoms with van der Waals surface area (Å²) in [6, 6.07) is 9.08. The van der Waals surface area contributed by atoms with E-state index in [1.807, 2.05) is 31.3 Å². The maximum absolute atomic E-state index is 11.7. The summed E-state index contributed by atoms with van der Waals surface area (Å²) < 4.78 is 1.75. The molecule has 5 heteroatoms. The molecule has 94 valence electrons. The maximum Gasteiger partial charge on any atom is 0.226 e. The van der Waals surface area contributed by atoms with E-state index in [0.717, 1.165) is 5.69 Å². The summed E-state index contributed by atoms with van der Waals surface area (Å²) in [5, 5.41) is 7.54. The zero-order chi connectivity index (χ0) is 13.0. The largest absolute Gasteiger partial charge is 0.325 e. The minimum absolute atomic E-state index is 0.0729. The van der Waals surface area contributed by atoms with Gasteiger partial charge in [-0.3, -0.25) is 9.48 Å². The Morgan fingerprint density at radius 1 is 1.39 bits per heavy atom. The number of aryl methyl sites for hydroxylation is 2. The molecule has 0 bridgehead atoms. The molecule has 0 aliphatic heterocycles. The second kappa shape index (κ2) is 5.69. The van der Waals surface area contributed by atoms with Crippen molar-refractivity contribution in [3.8, 4) is 0 Å². The Morgan fingerprint density at radius 2 is 2.17 bits per heavy atom. The smallest absolute Gasteiger partial charge is 0.226 e. The van der Waals surface area contributed by atoms with Crippen molar-refractivity contribution < 1.29 is 4.79 Å². The Bertz CT molecular complexity index is 551. The predicted molar refractivity (Wildman–Crippen MR) is 71.7 cm³/mol. The number of halogens is 1. The summed E-state index contributed by atoms with van der Waals surface area (Å²) >= 11 is 5.96. The third kappa shape index (κ3) is 3.34. The van der Waals surface area contributed by atoms with E-state index in [1.54, 1.807) is 16.8 Å². The Morgan fingerprint density at radius 3 is 2.83 bits per heavy atom. The lowest BCUT2D eigenvalue weighted by atomic mass is 10.3. The van der Waals surface area contributed by atoms with E-state index in [-0.39, 0.29) is 5.91 Å². The highest BCUT2D eigenvalue weighted by Gasteiger charge is 2.05. The number of carbonyl (C=O) groups is 1. The predicted octanol–water partition coefficient (Wildman–Crippen LogP) is 2.87. The van der Waals surface area contributed by atoms with Crippen molar-refractivity contribution in [1.29, 1.82) is 0 Å². The van der Waals surface area contributed by atoms with E-state index in [1.165, 1.54) is 0 Å². The lowest BCUT2D eigenvalue weighted by molar-refractivity contribution is -0.116. The normalized spacial score (nSPS) is 10.3. The molecular formula is C13H14ClN3O. The number of nitrogens with one attached hydrogen (secondary N) is 1. The van der Waals surface area contributed by atoms with Crippen LogP contribution in [0.5, 0.6) is 0 Å². The molecule has 2 aromatic rings. The van der Waals surface area contributed by atoms with Crippen molar-refractivity contribution in [3.63, 3.8) is 0 Å². The fourth-order valence-electron chi connectivity index (χ4n) is 1.58. The molecule has 0 atom stereocenters. The number of hydrogen-bond acceptors (Lipinski definition) is 2. The molecule has 0 aliphatic rings. The first kappa shape index (κ1) is 12.6. The summed E-state index contributed by atoms with van der Waals surface area (Å²) in [4.78, 5) is 11.7. The van der Waals surface area contributed by atoms with E-state index in [4.69, 9.17) is 11.6 Å². The summed E-state index contributed by atoms with van der Waals surface area (Å²) in [6.45, 7) is 2.48. The molecule has 1 aromatic carbocycles. The Kier molecular flexibility index (Phi) is 3.99. The first-order valence-electron chi connectivity index (χ1n) is 5.69. The van der Waals surface area contributed by atoms with Gasteiger partial charge in [0.05, 0.1) is 16.4 Å². The van der Waals surface area contributed by atoms with Gasteiger partial charge in [0.1, 0.15) is 0 Å². The molecule has 1 aromatic heterocycles. The Balaban J connectivity index is 1.88. The Labute approximate surface area is 111 Å². The zero-order valence-corrected chi connectivity index (χ0v) is 10.8. The number of amides is 1. The van der Waals surface area contributed by atoms with Crippen molar-refractivity contribution in [2.45, 2.75) is 19.9 Å². The molecule has 0 spiro atoms. The molecule has 0 unspecified atom stereocenters. The highest BCUT2D eigenvalue weighted by molar-refractivity contribution is 6.33. The van der Waals surface area contributed by atoms with Crippen molar-refractivity contribution >= 4 is 23.2 Å². The topological polar surface area (TPSA) is 46.9 Å². The number of aromatic nitrogens is 2. The first-order chi connectivity index (χ1) is 8.65. The van der Waals surface area contributed by atoms with Crippen LogP contribution in [0.25, 0.3) is 0 Å². The fraction of sp³-hybridized carbons (Fsp3) is 0.231. The monoisotopic (exact) mass is 263 g/mol. The van der Waals surface area contributed by atoms with Gasteiger partial charge in [-0.2, -0.15) is 5.10 Å². The Hall–Kier alpha value is -1.81. The summed E-state index contributed by atoms with van der Waals surface area (Å²) in [5.74, 6) is -0.0729. The molecule has 0 saturated carbocycles. The summed E-state index contributed by atoms with van der Waals surface area (Å²) in [7, 11) is 0. The second-order valence-electron chi connectivity index (χ2n) is 4.00. The van der Waals surface area contributed by atoms with E-state index in [0.29, 0.717) is 23.7 Å². The van der Waals surface area contributed by atoms with Gasteiger partial charge in [0.15, 0.2) is 0 Å². The summed E-state index contributed by atoms with van der Waals surface area (Å²) in [6.07, 6.45) is 2.23. The SMILES string of the molecule is Cc1ccn(CCC(=O)Nc2ccccc2Cl)n1. The lowest BCUT2D eigenvalue weighted by Crippen LogP contribution is -2.15. The number of para-hydroxylation sites is 1. The van der Waals surface area contributed by atoms with Crippen LogP contribution in [-0.4, -0.2) is 15.7 Å². The van der Waals surface area contributed by atoms with E-state index in [9.17, 15) is 4.79 Å². The number of anilines is 1. The fourth-order valence-corrected chi connectivity index (χ4v) is 1.76. The quantitative estimate of drug-likeness (QED) is 0.922. The van der Waals surface area contributed by atoms with Crippen LogP contribution >= 0.6 is 11.6 Å². The van der Waals surface area contributed by atoms with Gasteiger partial charge in [-0.1, -0.05) is 23.7 Å². The van der Waals surface area contributed by atoms with Crippen LogP contribution in [0.2, 0.25) is 5.02 Å². The average Bonchev–Trinajstić information content (AvgIpc) is 2.76. The van der Waals surface area contributed by atoms with Crippen LogP contribution in [0.3, 0.4) is 0 Å². The van der Waals surface area contributed by atoms with Gasteiger partial charge < -0.3 is 5.32 Å².